The Bertz CT molecular complexity index is 225. The Morgan fingerprint density at radius 2 is 2.44 bits per heavy atom. The van der Waals surface area contributed by atoms with E-state index >= 15 is 0 Å². The lowest BCUT2D eigenvalue weighted by atomic mass is 10.5. The van der Waals surface area contributed by atoms with Crippen LogP contribution >= 0.6 is 0 Å². The summed E-state index contributed by atoms with van der Waals surface area (Å²) in [5.41, 5.74) is 5.05. The SMILES string of the molecule is Nc1cc(O)cn[n+]1[O-]. The van der Waals surface area contributed by atoms with Crippen LogP contribution < -0.4 is 10.6 Å². The molecule has 5 heteroatoms. The largest absolute Gasteiger partial charge is 0.691 e. The first-order valence-corrected chi connectivity index (χ1v) is 2.24. The topological polar surface area (TPSA) is 86.1 Å². The molecule has 1 aromatic heterocycles. The molecule has 0 atom stereocenters. The van der Waals surface area contributed by atoms with E-state index in [0.717, 1.165) is 12.3 Å². The predicted octanol–water partition coefficient (Wildman–Crippen LogP) is -0.997. The van der Waals surface area contributed by atoms with Gasteiger partial charge in [0.15, 0.2) is 0 Å². The number of hydrogen-bond acceptors (Lipinski definition) is 4. The molecule has 3 N–H and O–H groups in total. The number of rotatable bonds is 0. The van der Waals surface area contributed by atoms with E-state index < -0.39 is 0 Å². The molecule has 0 amide bonds. The van der Waals surface area contributed by atoms with Crippen LogP contribution in [0.4, 0.5) is 5.82 Å². The summed E-state index contributed by atoms with van der Waals surface area (Å²) in [6.07, 6.45) is 1.02. The van der Waals surface area contributed by atoms with E-state index in [4.69, 9.17) is 10.8 Å². The quantitative estimate of drug-likeness (QED) is 0.346. The first-order valence-electron chi connectivity index (χ1n) is 2.24. The van der Waals surface area contributed by atoms with Crippen molar-refractivity contribution < 1.29 is 9.95 Å². The van der Waals surface area contributed by atoms with E-state index in [-0.39, 0.29) is 16.4 Å². The van der Waals surface area contributed by atoms with Crippen LogP contribution in [0.2, 0.25) is 0 Å². The second-order valence-electron chi connectivity index (χ2n) is 1.51. The van der Waals surface area contributed by atoms with Gasteiger partial charge in [-0.3, -0.25) is 5.73 Å². The summed E-state index contributed by atoms with van der Waals surface area (Å²) >= 11 is 0. The Morgan fingerprint density at radius 3 is 2.89 bits per heavy atom. The van der Waals surface area contributed by atoms with Gasteiger partial charge in [0.2, 0.25) is 0 Å². The second kappa shape index (κ2) is 1.77. The highest BCUT2D eigenvalue weighted by Crippen LogP contribution is 2.04. The van der Waals surface area contributed by atoms with Crippen molar-refractivity contribution in [2.24, 2.45) is 0 Å². The zero-order valence-corrected chi connectivity index (χ0v) is 4.48. The second-order valence-corrected chi connectivity index (χ2v) is 1.51. The summed E-state index contributed by atoms with van der Waals surface area (Å²) in [6.45, 7) is 0. The summed E-state index contributed by atoms with van der Waals surface area (Å²) < 4.78 is 0. The Morgan fingerprint density at radius 1 is 1.78 bits per heavy atom. The minimum atomic E-state index is -0.116. The summed E-state index contributed by atoms with van der Waals surface area (Å²) in [5.74, 6) is -0.227. The Kier molecular flexibility index (Phi) is 1.11. The Labute approximate surface area is 50.9 Å². The molecule has 0 unspecified atom stereocenters. The van der Waals surface area contributed by atoms with E-state index in [9.17, 15) is 5.21 Å². The predicted molar refractivity (Wildman–Crippen MR) is 29.3 cm³/mol. The average molecular weight is 127 g/mol. The molecule has 48 valence electrons. The van der Waals surface area contributed by atoms with E-state index in [0.29, 0.717) is 0 Å². The van der Waals surface area contributed by atoms with Gasteiger partial charge in [-0.2, -0.15) is 0 Å². The number of anilines is 1. The maximum absolute atomic E-state index is 10.3. The molecule has 0 aliphatic rings. The molecule has 0 bridgehead atoms. The molecule has 1 rings (SSSR count). The molecule has 0 aromatic carbocycles. The van der Waals surface area contributed by atoms with Crippen molar-refractivity contribution in [3.63, 3.8) is 0 Å². The maximum Gasteiger partial charge on any atom is 0.300 e. The van der Waals surface area contributed by atoms with Crippen molar-refractivity contribution in [1.82, 2.24) is 5.10 Å². The average Bonchev–Trinajstić information content (AvgIpc) is 1.80. The normalized spacial score (nSPS) is 9.33. The molecule has 1 heterocycles. The molecule has 0 fully saturated rings. The number of aromatic nitrogens is 2. The molecule has 0 spiro atoms. The fourth-order valence-corrected chi connectivity index (χ4v) is 0.422. The third-order valence-corrected chi connectivity index (χ3v) is 0.812. The standard InChI is InChI=1S/C4H5N3O2/c5-4-1-3(8)2-6-7(4)9/h1-2,8H,5H2. The van der Waals surface area contributed by atoms with Crippen molar-refractivity contribution in [3.8, 4) is 5.75 Å². The van der Waals surface area contributed by atoms with Gasteiger partial charge in [0.25, 0.3) is 0 Å². The van der Waals surface area contributed by atoms with Crippen LogP contribution in [0.15, 0.2) is 12.3 Å². The number of aromatic hydroxyl groups is 1. The molecule has 0 aliphatic carbocycles. The van der Waals surface area contributed by atoms with Crippen molar-refractivity contribution in [2.75, 3.05) is 5.73 Å². The van der Waals surface area contributed by atoms with Gasteiger partial charge >= 0.3 is 5.82 Å². The van der Waals surface area contributed by atoms with E-state index in [1.165, 1.54) is 0 Å². The van der Waals surface area contributed by atoms with Crippen molar-refractivity contribution >= 4 is 5.82 Å². The molecule has 0 saturated carbocycles. The minimum Gasteiger partial charge on any atom is -0.691 e. The number of hydrogen-bond donors (Lipinski definition) is 2. The Hall–Kier alpha value is -1.52. The number of nitrogens with two attached hydrogens (primary N) is 1. The highest BCUT2D eigenvalue weighted by molar-refractivity contribution is 5.27. The van der Waals surface area contributed by atoms with Gasteiger partial charge in [-0.05, 0) is 0 Å². The maximum atomic E-state index is 10.3. The fourth-order valence-electron chi connectivity index (χ4n) is 0.422. The van der Waals surface area contributed by atoms with Crippen LogP contribution in [-0.4, -0.2) is 10.2 Å². The lowest BCUT2D eigenvalue weighted by molar-refractivity contribution is -0.654. The van der Waals surface area contributed by atoms with Crippen LogP contribution in [0, 0.1) is 5.21 Å². The monoisotopic (exact) mass is 127 g/mol. The zero-order valence-electron chi connectivity index (χ0n) is 4.48. The third kappa shape index (κ3) is 0.987. The first kappa shape index (κ1) is 5.61. The first-order chi connectivity index (χ1) is 4.20. The van der Waals surface area contributed by atoms with Gasteiger partial charge in [-0.25, -0.2) is 0 Å². The van der Waals surface area contributed by atoms with Crippen molar-refractivity contribution in [1.29, 1.82) is 0 Å². The summed E-state index contributed by atoms with van der Waals surface area (Å²) in [6, 6.07) is 1.12. The van der Waals surface area contributed by atoms with Crippen LogP contribution in [0.25, 0.3) is 0 Å². The molecular formula is C4H5N3O2. The van der Waals surface area contributed by atoms with Crippen LogP contribution in [0.1, 0.15) is 0 Å². The van der Waals surface area contributed by atoms with Gasteiger partial charge in [0.05, 0.1) is 6.07 Å². The van der Waals surface area contributed by atoms with Gasteiger partial charge in [0, 0.05) is 0 Å². The van der Waals surface area contributed by atoms with Gasteiger partial charge in [0.1, 0.15) is 11.9 Å². The van der Waals surface area contributed by atoms with Crippen LogP contribution in [0.5, 0.6) is 5.75 Å². The van der Waals surface area contributed by atoms with Crippen LogP contribution in [-0.2, 0) is 0 Å². The highest BCUT2D eigenvalue weighted by Gasteiger charge is 1.97. The van der Waals surface area contributed by atoms with E-state index in [2.05, 4.69) is 5.10 Å². The highest BCUT2D eigenvalue weighted by atomic mass is 16.5. The Balaban J connectivity index is 3.17. The number of nitrogens with zero attached hydrogens (tertiary/aromatic N) is 2. The van der Waals surface area contributed by atoms with Gasteiger partial charge in [-0.1, -0.05) is 5.10 Å². The van der Waals surface area contributed by atoms with E-state index in [1.54, 1.807) is 0 Å². The fraction of sp³-hybridized carbons (Fsp3) is 0. The molecule has 9 heavy (non-hydrogen) atoms. The molecular weight excluding hydrogens is 122 g/mol. The lowest BCUT2D eigenvalue weighted by Gasteiger charge is -1.99. The smallest absolute Gasteiger partial charge is 0.300 e. The summed E-state index contributed by atoms with van der Waals surface area (Å²) in [7, 11) is 0. The van der Waals surface area contributed by atoms with Crippen molar-refractivity contribution in [2.45, 2.75) is 0 Å². The van der Waals surface area contributed by atoms with Crippen LogP contribution in [0.3, 0.4) is 0 Å². The molecule has 0 aliphatic heterocycles. The summed E-state index contributed by atoms with van der Waals surface area (Å²) in [4.78, 5) is 0.222. The summed E-state index contributed by atoms with van der Waals surface area (Å²) in [5, 5.41) is 22.1. The van der Waals surface area contributed by atoms with Gasteiger partial charge < -0.3 is 10.3 Å². The minimum absolute atomic E-state index is 0.111. The molecule has 0 radical (unpaired) electrons. The molecule has 1 aromatic rings. The number of nitrogen functional groups attached to an aromatic ring is 1. The lowest BCUT2D eigenvalue weighted by Crippen LogP contribution is -2.33. The zero-order chi connectivity index (χ0) is 6.85. The molecule has 5 nitrogen and oxygen atoms in total. The third-order valence-electron chi connectivity index (χ3n) is 0.812. The molecule has 0 saturated heterocycles. The van der Waals surface area contributed by atoms with E-state index in [1.807, 2.05) is 0 Å². The van der Waals surface area contributed by atoms with Crippen molar-refractivity contribution in [3.05, 3.63) is 17.5 Å². The van der Waals surface area contributed by atoms with Gasteiger partial charge in [-0.15, -0.1) is 4.85 Å².